The lowest BCUT2D eigenvalue weighted by Gasteiger charge is -2.06. The van der Waals surface area contributed by atoms with Crippen LogP contribution < -0.4 is 5.90 Å². The van der Waals surface area contributed by atoms with E-state index in [1.54, 1.807) is 13.8 Å². The van der Waals surface area contributed by atoms with E-state index in [0.717, 1.165) is 5.71 Å². The lowest BCUT2D eigenvalue weighted by atomic mass is 10.2. The zero-order valence-corrected chi connectivity index (χ0v) is 7.28. The van der Waals surface area contributed by atoms with Crippen molar-refractivity contribution in [3.63, 3.8) is 0 Å². The molecule has 0 bridgehead atoms. The summed E-state index contributed by atoms with van der Waals surface area (Å²) in [7, 11) is 0. The number of aliphatic carboxylic acids is 1. The fourth-order valence-electron chi connectivity index (χ4n) is 0.735. The molecule has 0 heterocycles. The van der Waals surface area contributed by atoms with Crippen molar-refractivity contribution in [2.45, 2.75) is 26.3 Å². The highest BCUT2D eigenvalue weighted by Crippen LogP contribution is 1.99. The van der Waals surface area contributed by atoms with Crippen LogP contribution in [-0.4, -0.2) is 29.4 Å². The number of hydrogen-bond acceptors (Lipinski definition) is 4. The molecule has 5 heteroatoms. The van der Waals surface area contributed by atoms with Gasteiger partial charge in [0.25, 0.3) is 0 Å². The Morgan fingerprint density at radius 2 is 2.25 bits per heavy atom. The first-order chi connectivity index (χ1) is 5.57. The van der Waals surface area contributed by atoms with Crippen LogP contribution in [0, 0.1) is 0 Å². The maximum absolute atomic E-state index is 10.5. The fourth-order valence-corrected chi connectivity index (χ4v) is 0.735. The minimum atomic E-state index is -0.951. The maximum Gasteiger partial charge on any atom is 0.328 e. The van der Waals surface area contributed by atoms with Crippen molar-refractivity contribution in [3.8, 4) is 0 Å². The standard InChI is InChI=1S/C7H14N2O3/c1-5(2)9-6(7(10)11)3-4-12-8/h6H,3-4,8H2,1-2H3,(H,10,11)/t6-/m0/s1. The Hall–Kier alpha value is -0.940. The van der Waals surface area contributed by atoms with Crippen molar-refractivity contribution in [1.82, 2.24) is 0 Å². The highest BCUT2D eigenvalue weighted by molar-refractivity contribution is 5.83. The van der Waals surface area contributed by atoms with E-state index in [-0.39, 0.29) is 6.61 Å². The predicted molar refractivity (Wildman–Crippen MR) is 45.0 cm³/mol. The molecule has 0 aliphatic carbocycles. The van der Waals surface area contributed by atoms with Gasteiger partial charge in [0.2, 0.25) is 0 Å². The molecule has 1 atom stereocenters. The molecule has 0 radical (unpaired) electrons. The zero-order chi connectivity index (χ0) is 9.56. The van der Waals surface area contributed by atoms with Gasteiger partial charge in [0, 0.05) is 12.1 Å². The van der Waals surface area contributed by atoms with Gasteiger partial charge in [-0.15, -0.1) is 0 Å². The minimum Gasteiger partial charge on any atom is -0.480 e. The largest absolute Gasteiger partial charge is 0.480 e. The summed E-state index contributed by atoms with van der Waals surface area (Å²) in [5.41, 5.74) is 0.736. The molecule has 0 aliphatic heterocycles. The van der Waals surface area contributed by atoms with Crippen LogP contribution in [-0.2, 0) is 9.63 Å². The number of aliphatic imine (C=N–C) groups is 1. The molecule has 0 rings (SSSR count). The number of hydrogen-bond donors (Lipinski definition) is 2. The molecule has 0 aromatic carbocycles. The van der Waals surface area contributed by atoms with E-state index in [9.17, 15) is 4.79 Å². The lowest BCUT2D eigenvalue weighted by Crippen LogP contribution is -2.21. The van der Waals surface area contributed by atoms with E-state index in [4.69, 9.17) is 11.0 Å². The number of nitrogens with two attached hydrogens (primary N) is 1. The van der Waals surface area contributed by atoms with Gasteiger partial charge in [-0.2, -0.15) is 0 Å². The van der Waals surface area contributed by atoms with E-state index < -0.39 is 12.0 Å². The fraction of sp³-hybridized carbons (Fsp3) is 0.714. The molecule has 0 fully saturated rings. The molecule has 0 spiro atoms. The molecule has 0 saturated heterocycles. The van der Waals surface area contributed by atoms with Crippen molar-refractivity contribution in [2.24, 2.45) is 10.9 Å². The van der Waals surface area contributed by atoms with Gasteiger partial charge in [0.15, 0.2) is 0 Å². The third-order valence-corrected chi connectivity index (χ3v) is 1.21. The summed E-state index contributed by atoms with van der Waals surface area (Å²) in [5.74, 6) is 3.82. The van der Waals surface area contributed by atoms with Gasteiger partial charge in [0.1, 0.15) is 6.04 Å². The lowest BCUT2D eigenvalue weighted by molar-refractivity contribution is -0.138. The molecule has 0 saturated carbocycles. The molecule has 5 nitrogen and oxygen atoms in total. The Labute approximate surface area is 71.2 Å². The second kappa shape index (κ2) is 5.68. The van der Waals surface area contributed by atoms with Gasteiger partial charge in [-0.3, -0.25) is 4.99 Å². The predicted octanol–water partition coefficient (Wildman–Crippen LogP) is 0.201. The van der Waals surface area contributed by atoms with Crippen molar-refractivity contribution < 1.29 is 14.7 Å². The van der Waals surface area contributed by atoms with Crippen LogP contribution in [0.25, 0.3) is 0 Å². The van der Waals surface area contributed by atoms with Crippen molar-refractivity contribution >= 4 is 11.7 Å². The molecule has 0 unspecified atom stereocenters. The van der Waals surface area contributed by atoms with Crippen LogP contribution in [0.3, 0.4) is 0 Å². The molecule has 0 amide bonds. The Morgan fingerprint density at radius 3 is 2.58 bits per heavy atom. The first kappa shape index (κ1) is 11.1. The van der Waals surface area contributed by atoms with Crippen LogP contribution >= 0.6 is 0 Å². The first-order valence-corrected chi connectivity index (χ1v) is 3.63. The Bertz CT molecular complexity index is 175. The highest BCUT2D eigenvalue weighted by atomic mass is 16.6. The monoisotopic (exact) mass is 174 g/mol. The topological polar surface area (TPSA) is 84.9 Å². The van der Waals surface area contributed by atoms with E-state index in [0.29, 0.717) is 6.42 Å². The number of rotatable bonds is 5. The van der Waals surface area contributed by atoms with E-state index >= 15 is 0 Å². The summed E-state index contributed by atoms with van der Waals surface area (Å²) in [6.45, 7) is 3.70. The molecule has 0 aromatic heterocycles. The van der Waals surface area contributed by atoms with Gasteiger partial charge in [-0.1, -0.05) is 0 Å². The molecule has 0 aliphatic rings. The van der Waals surface area contributed by atoms with E-state index in [1.165, 1.54) is 0 Å². The summed E-state index contributed by atoms with van der Waals surface area (Å²) in [5, 5.41) is 8.65. The molecule has 3 N–H and O–H groups in total. The zero-order valence-electron chi connectivity index (χ0n) is 7.28. The van der Waals surface area contributed by atoms with Crippen LogP contribution in [0.1, 0.15) is 20.3 Å². The molecular formula is C7H14N2O3. The summed E-state index contributed by atoms with van der Waals surface area (Å²) in [4.78, 5) is 18.7. The van der Waals surface area contributed by atoms with E-state index in [2.05, 4.69) is 9.83 Å². The van der Waals surface area contributed by atoms with Crippen molar-refractivity contribution in [1.29, 1.82) is 0 Å². The average molecular weight is 174 g/mol. The van der Waals surface area contributed by atoms with Crippen LogP contribution in [0.15, 0.2) is 4.99 Å². The second-order valence-electron chi connectivity index (χ2n) is 2.59. The average Bonchev–Trinajstić information content (AvgIpc) is 1.96. The first-order valence-electron chi connectivity index (χ1n) is 3.63. The van der Waals surface area contributed by atoms with Crippen molar-refractivity contribution in [2.75, 3.05) is 6.61 Å². The molecule has 70 valence electrons. The Morgan fingerprint density at radius 1 is 1.67 bits per heavy atom. The van der Waals surface area contributed by atoms with Gasteiger partial charge in [0.05, 0.1) is 6.61 Å². The number of carbonyl (C=O) groups is 1. The minimum absolute atomic E-state index is 0.202. The van der Waals surface area contributed by atoms with Gasteiger partial charge < -0.3 is 9.94 Å². The molecule has 12 heavy (non-hydrogen) atoms. The second-order valence-corrected chi connectivity index (χ2v) is 2.59. The van der Waals surface area contributed by atoms with Gasteiger partial charge in [-0.05, 0) is 13.8 Å². The molecule has 0 aromatic rings. The smallest absolute Gasteiger partial charge is 0.328 e. The Balaban J connectivity index is 4.05. The van der Waals surface area contributed by atoms with Crippen LogP contribution in [0.4, 0.5) is 0 Å². The van der Waals surface area contributed by atoms with Crippen LogP contribution in [0.2, 0.25) is 0 Å². The van der Waals surface area contributed by atoms with Crippen LogP contribution in [0.5, 0.6) is 0 Å². The third kappa shape index (κ3) is 4.81. The highest BCUT2D eigenvalue weighted by Gasteiger charge is 2.14. The Kier molecular flexibility index (Phi) is 5.23. The maximum atomic E-state index is 10.5. The summed E-state index contributed by atoms with van der Waals surface area (Å²) in [6.07, 6.45) is 0.303. The summed E-state index contributed by atoms with van der Waals surface area (Å²) >= 11 is 0. The number of carboxylic acid groups (broad SMARTS) is 1. The summed E-state index contributed by atoms with van der Waals surface area (Å²) in [6, 6.07) is -0.737. The number of nitrogens with zero attached hydrogens (tertiary/aromatic N) is 1. The normalized spacial score (nSPS) is 12.2. The van der Waals surface area contributed by atoms with Gasteiger partial charge >= 0.3 is 5.97 Å². The number of carboxylic acids is 1. The summed E-state index contributed by atoms with van der Waals surface area (Å²) < 4.78 is 0. The SMILES string of the molecule is CC(C)=N[C@@H](CCON)C(=O)O. The van der Waals surface area contributed by atoms with E-state index in [1.807, 2.05) is 0 Å². The third-order valence-electron chi connectivity index (χ3n) is 1.21. The van der Waals surface area contributed by atoms with Crippen molar-refractivity contribution in [3.05, 3.63) is 0 Å². The molecular weight excluding hydrogens is 160 g/mol. The van der Waals surface area contributed by atoms with Gasteiger partial charge in [-0.25, -0.2) is 10.7 Å². The quantitative estimate of drug-likeness (QED) is 0.460.